The van der Waals surface area contributed by atoms with E-state index >= 15 is 0 Å². The van der Waals surface area contributed by atoms with E-state index < -0.39 is 48.3 Å². The quantitative estimate of drug-likeness (QED) is 0.147. The standard InChI is InChI=1S/C39H49N3O10/c1-26(36(44)48-3)42-35(43)18-17-30-22-32(50-38(46)41-24-29-13-8-12-27-10-4-6-15-33(27)29)23-39(51-30)20-9-14-31(52-39)25-49-37(45)40-21-19-28-11-5-7-16-34(28)47-2/h4-8,10-13,15-16,26,30-32H,9,14,17-25H2,1-3H3,(H,40,45)(H,41,46)(H,42,43)/t26-,30+,31+,32+,39-/m0/s1. The van der Waals surface area contributed by atoms with Crippen molar-refractivity contribution in [2.45, 2.75) is 95.0 Å². The highest BCUT2D eigenvalue weighted by molar-refractivity contribution is 5.86. The first kappa shape index (κ1) is 38.4. The van der Waals surface area contributed by atoms with E-state index in [1.54, 1.807) is 14.0 Å². The predicted molar refractivity (Wildman–Crippen MR) is 192 cm³/mol. The Kier molecular flexibility index (Phi) is 13.7. The fourth-order valence-electron chi connectivity index (χ4n) is 6.84. The van der Waals surface area contributed by atoms with Crippen LogP contribution in [-0.4, -0.2) is 81.6 Å². The lowest BCUT2D eigenvalue weighted by Gasteiger charge is -2.47. The number of carbonyl (C=O) groups excluding carboxylic acids is 4. The van der Waals surface area contributed by atoms with Crippen molar-refractivity contribution < 1.29 is 47.6 Å². The topological polar surface area (TPSA) is 160 Å². The van der Waals surface area contributed by atoms with Crippen molar-refractivity contribution in [2.24, 2.45) is 0 Å². The number of rotatable bonds is 14. The number of hydrogen-bond donors (Lipinski definition) is 3. The summed E-state index contributed by atoms with van der Waals surface area (Å²) in [7, 11) is 2.87. The number of ether oxygens (including phenoxy) is 6. The van der Waals surface area contributed by atoms with Crippen molar-refractivity contribution in [1.29, 1.82) is 0 Å². The van der Waals surface area contributed by atoms with E-state index in [1.165, 1.54) is 7.11 Å². The first-order valence-electron chi connectivity index (χ1n) is 17.8. The van der Waals surface area contributed by atoms with Crippen LogP contribution in [0.5, 0.6) is 5.75 Å². The molecule has 2 fully saturated rings. The molecule has 13 heteroatoms. The second-order valence-electron chi connectivity index (χ2n) is 13.2. The maximum atomic E-state index is 13.1. The fraction of sp³-hybridized carbons (Fsp3) is 0.487. The number of fused-ring (bicyclic) bond motifs is 1. The van der Waals surface area contributed by atoms with Crippen molar-refractivity contribution in [3.05, 3.63) is 77.9 Å². The number of esters is 1. The van der Waals surface area contributed by atoms with Crippen LogP contribution in [0.3, 0.4) is 0 Å². The number of nitrogens with one attached hydrogen (secondary N) is 3. The molecule has 2 aliphatic heterocycles. The zero-order chi connectivity index (χ0) is 36.9. The van der Waals surface area contributed by atoms with Gasteiger partial charge in [0, 0.05) is 38.8 Å². The molecular formula is C39H49N3O10. The van der Waals surface area contributed by atoms with Crippen molar-refractivity contribution in [3.63, 3.8) is 0 Å². The molecule has 280 valence electrons. The third-order valence-corrected chi connectivity index (χ3v) is 9.37. The Morgan fingerprint density at radius 3 is 2.48 bits per heavy atom. The maximum absolute atomic E-state index is 13.1. The molecule has 3 N–H and O–H groups in total. The minimum Gasteiger partial charge on any atom is -0.496 e. The molecule has 5 rings (SSSR count). The van der Waals surface area contributed by atoms with Crippen LogP contribution in [0.25, 0.3) is 10.8 Å². The van der Waals surface area contributed by atoms with E-state index in [4.69, 9.17) is 28.4 Å². The summed E-state index contributed by atoms with van der Waals surface area (Å²) in [5.74, 6) is -1.23. The van der Waals surface area contributed by atoms with E-state index in [-0.39, 0.29) is 31.9 Å². The lowest BCUT2D eigenvalue weighted by atomic mass is 9.90. The van der Waals surface area contributed by atoms with Crippen LogP contribution in [0.15, 0.2) is 66.7 Å². The number of amides is 3. The SMILES string of the molecule is COC(=O)[C@H](C)NC(=O)CC[C@@H]1C[C@@H](OC(=O)NCc2cccc3ccccc23)C[C@@]2(CCC[C@H](COC(=O)NCCc3ccccc3OC)O2)O1. The van der Waals surface area contributed by atoms with E-state index in [1.807, 2.05) is 66.7 Å². The normalized spacial score (nSPS) is 21.8. The second kappa shape index (κ2) is 18.6. The molecule has 0 saturated carbocycles. The van der Waals surface area contributed by atoms with Gasteiger partial charge in [0.05, 0.1) is 26.4 Å². The Labute approximate surface area is 304 Å². The Morgan fingerprint density at radius 2 is 1.65 bits per heavy atom. The minimum absolute atomic E-state index is 0.0150. The average molecular weight is 720 g/mol. The largest absolute Gasteiger partial charge is 0.496 e. The molecule has 0 aliphatic carbocycles. The van der Waals surface area contributed by atoms with E-state index in [0.717, 1.165) is 34.1 Å². The third-order valence-electron chi connectivity index (χ3n) is 9.37. The highest BCUT2D eigenvalue weighted by atomic mass is 16.7. The van der Waals surface area contributed by atoms with Crippen LogP contribution in [0, 0.1) is 0 Å². The fourth-order valence-corrected chi connectivity index (χ4v) is 6.84. The van der Waals surface area contributed by atoms with Crippen LogP contribution in [0.4, 0.5) is 9.59 Å². The molecule has 3 aromatic rings. The predicted octanol–water partition coefficient (Wildman–Crippen LogP) is 5.31. The third kappa shape index (κ3) is 10.8. The molecule has 0 aromatic heterocycles. The van der Waals surface area contributed by atoms with Crippen molar-refractivity contribution in [3.8, 4) is 5.75 Å². The van der Waals surface area contributed by atoms with Gasteiger partial charge in [0.1, 0.15) is 24.5 Å². The zero-order valence-corrected chi connectivity index (χ0v) is 30.0. The summed E-state index contributed by atoms with van der Waals surface area (Å²) in [6.07, 6.45) is 0.865. The highest BCUT2D eigenvalue weighted by Gasteiger charge is 2.47. The van der Waals surface area contributed by atoms with Gasteiger partial charge in [0.2, 0.25) is 5.91 Å². The van der Waals surface area contributed by atoms with E-state index in [9.17, 15) is 19.2 Å². The Balaban J connectivity index is 1.18. The second-order valence-corrected chi connectivity index (χ2v) is 13.2. The Hall–Kier alpha value is -4.88. The molecule has 0 bridgehead atoms. The van der Waals surface area contributed by atoms with Crippen LogP contribution < -0.4 is 20.7 Å². The van der Waals surface area contributed by atoms with Gasteiger partial charge in [-0.25, -0.2) is 14.4 Å². The van der Waals surface area contributed by atoms with Crippen LogP contribution in [0.2, 0.25) is 0 Å². The van der Waals surface area contributed by atoms with Gasteiger partial charge >= 0.3 is 18.2 Å². The lowest BCUT2D eigenvalue weighted by Crippen LogP contribution is -2.53. The summed E-state index contributed by atoms with van der Waals surface area (Å²) in [6.45, 7) is 2.22. The van der Waals surface area contributed by atoms with Crippen molar-refractivity contribution in [1.82, 2.24) is 16.0 Å². The first-order valence-corrected chi connectivity index (χ1v) is 17.8. The summed E-state index contributed by atoms with van der Waals surface area (Å²) < 4.78 is 34.6. The van der Waals surface area contributed by atoms with Crippen LogP contribution >= 0.6 is 0 Å². The minimum atomic E-state index is -1.11. The molecule has 3 aromatic carbocycles. The van der Waals surface area contributed by atoms with Crippen LogP contribution in [0.1, 0.15) is 63.0 Å². The summed E-state index contributed by atoms with van der Waals surface area (Å²) in [5.41, 5.74) is 1.94. The molecule has 2 saturated heterocycles. The number of hydrogen-bond acceptors (Lipinski definition) is 10. The van der Waals surface area contributed by atoms with Gasteiger partial charge < -0.3 is 44.4 Å². The Morgan fingerprint density at radius 1 is 0.904 bits per heavy atom. The summed E-state index contributed by atoms with van der Waals surface area (Å²) >= 11 is 0. The monoisotopic (exact) mass is 719 g/mol. The van der Waals surface area contributed by atoms with E-state index in [2.05, 4.69) is 16.0 Å². The molecule has 13 nitrogen and oxygen atoms in total. The molecular weight excluding hydrogens is 670 g/mol. The molecule has 1 spiro atoms. The van der Waals surface area contributed by atoms with Crippen molar-refractivity contribution in [2.75, 3.05) is 27.4 Å². The molecule has 0 radical (unpaired) electrons. The summed E-state index contributed by atoms with van der Waals surface area (Å²) in [4.78, 5) is 50.2. The molecule has 2 aliphatic rings. The van der Waals surface area contributed by atoms with Crippen LogP contribution in [-0.2, 0) is 46.2 Å². The van der Waals surface area contributed by atoms with Gasteiger partial charge in [-0.05, 0) is 60.6 Å². The van der Waals surface area contributed by atoms with Gasteiger partial charge in [-0.2, -0.15) is 0 Å². The average Bonchev–Trinajstić information content (AvgIpc) is 3.15. The van der Waals surface area contributed by atoms with Gasteiger partial charge in [0.15, 0.2) is 5.79 Å². The lowest BCUT2D eigenvalue weighted by molar-refractivity contribution is -0.329. The van der Waals surface area contributed by atoms with Gasteiger partial charge in [-0.3, -0.25) is 4.79 Å². The maximum Gasteiger partial charge on any atom is 0.407 e. The molecule has 3 amide bonds. The summed E-state index contributed by atoms with van der Waals surface area (Å²) in [6, 6.07) is 20.7. The molecule has 2 heterocycles. The number of carbonyl (C=O) groups is 4. The molecule has 52 heavy (non-hydrogen) atoms. The first-order chi connectivity index (χ1) is 25.2. The number of benzene rings is 3. The summed E-state index contributed by atoms with van der Waals surface area (Å²) in [5, 5.41) is 10.4. The number of methoxy groups -OCH3 is 2. The zero-order valence-electron chi connectivity index (χ0n) is 30.0. The molecule has 0 unspecified atom stereocenters. The van der Waals surface area contributed by atoms with E-state index in [0.29, 0.717) is 38.6 Å². The highest BCUT2D eigenvalue weighted by Crippen LogP contribution is 2.41. The van der Waals surface area contributed by atoms with Gasteiger partial charge in [0.25, 0.3) is 0 Å². The smallest absolute Gasteiger partial charge is 0.407 e. The number of alkyl carbamates (subject to hydrolysis) is 2. The van der Waals surface area contributed by atoms with Gasteiger partial charge in [-0.15, -0.1) is 0 Å². The number of para-hydroxylation sites is 1. The Bertz CT molecular complexity index is 1680. The molecule has 5 atom stereocenters. The van der Waals surface area contributed by atoms with Crippen molar-refractivity contribution >= 4 is 34.8 Å². The van der Waals surface area contributed by atoms with Gasteiger partial charge in [-0.1, -0.05) is 60.7 Å².